The van der Waals surface area contributed by atoms with Gasteiger partial charge >= 0.3 is 0 Å². The van der Waals surface area contributed by atoms with Crippen LogP contribution in [-0.4, -0.2) is 21.8 Å². The highest BCUT2D eigenvalue weighted by Crippen LogP contribution is 2.34. The van der Waals surface area contributed by atoms with Gasteiger partial charge in [0.25, 0.3) is 5.91 Å². The Labute approximate surface area is 206 Å². The van der Waals surface area contributed by atoms with Crippen LogP contribution in [0.25, 0.3) is 11.3 Å². The van der Waals surface area contributed by atoms with E-state index in [1.165, 1.54) is 22.7 Å². The van der Waals surface area contributed by atoms with Crippen molar-refractivity contribution >= 4 is 45.3 Å². The number of hydrogen-bond acceptors (Lipinski definition) is 6. The van der Waals surface area contributed by atoms with Gasteiger partial charge in [-0.15, -0.1) is 22.7 Å². The minimum atomic E-state index is -0.180. The van der Waals surface area contributed by atoms with Crippen molar-refractivity contribution < 1.29 is 9.59 Å². The highest BCUT2D eigenvalue weighted by atomic mass is 32.1. The van der Waals surface area contributed by atoms with Crippen molar-refractivity contribution in [1.82, 2.24) is 9.97 Å². The maximum Gasteiger partial charge on any atom is 0.269 e. The summed E-state index contributed by atoms with van der Waals surface area (Å²) in [6, 6.07) is 16.2. The summed E-state index contributed by atoms with van der Waals surface area (Å²) in [7, 11) is 0. The van der Waals surface area contributed by atoms with Crippen molar-refractivity contribution in [3.05, 3.63) is 80.6 Å². The lowest BCUT2D eigenvalue weighted by atomic mass is 10.0. The van der Waals surface area contributed by atoms with Crippen LogP contribution in [0.5, 0.6) is 0 Å². The molecule has 0 saturated heterocycles. The highest BCUT2D eigenvalue weighted by Gasteiger charge is 2.23. The summed E-state index contributed by atoms with van der Waals surface area (Å²) < 4.78 is 0. The van der Waals surface area contributed by atoms with E-state index in [1.54, 1.807) is 0 Å². The van der Waals surface area contributed by atoms with Crippen molar-refractivity contribution in [2.75, 3.05) is 10.2 Å². The Kier molecular flexibility index (Phi) is 6.26. The summed E-state index contributed by atoms with van der Waals surface area (Å²) >= 11 is 2.79. The number of fused-ring (bicyclic) bond motifs is 1. The highest BCUT2D eigenvalue weighted by molar-refractivity contribution is 7.15. The quantitative estimate of drug-likeness (QED) is 0.374. The zero-order chi connectivity index (χ0) is 23.7. The molecule has 0 radical (unpaired) electrons. The molecule has 0 spiro atoms. The Balaban J connectivity index is 1.38. The van der Waals surface area contributed by atoms with Gasteiger partial charge in [-0.1, -0.05) is 36.4 Å². The Bertz CT molecular complexity index is 1360. The van der Waals surface area contributed by atoms with Gasteiger partial charge in [0.15, 0.2) is 5.13 Å². The van der Waals surface area contributed by atoms with E-state index < -0.39 is 0 Å². The van der Waals surface area contributed by atoms with Crippen LogP contribution in [-0.2, 0) is 17.8 Å². The van der Waals surface area contributed by atoms with Crippen LogP contribution in [0.1, 0.15) is 44.3 Å². The van der Waals surface area contributed by atoms with Gasteiger partial charge in [-0.3, -0.25) is 14.9 Å². The molecule has 0 saturated carbocycles. The summed E-state index contributed by atoms with van der Waals surface area (Å²) in [6.07, 6.45) is 2.21. The second kappa shape index (κ2) is 9.48. The smallest absolute Gasteiger partial charge is 0.269 e. The van der Waals surface area contributed by atoms with Gasteiger partial charge in [-0.25, -0.2) is 9.97 Å². The first-order valence-corrected chi connectivity index (χ1v) is 12.9. The number of anilines is 2. The molecule has 0 unspecified atom stereocenters. The number of rotatable bonds is 5. The Hall–Kier alpha value is -3.36. The summed E-state index contributed by atoms with van der Waals surface area (Å²) in [4.78, 5) is 37.0. The van der Waals surface area contributed by atoms with Gasteiger partial charge in [-0.05, 0) is 49.9 Å². The van der Waals surface area contributed by atoms with Gasteiger partial charge in [0.1, 0.15) is 4.88 Å². The second-order valence-corrected chi connectivity index (χ2v) is 10.4. The molecule has 4 aromatic rings. The average molecular weight is 489 g/mol. The molecule has 6 nitrogen and oxygen atoms in total. The first-order chi connectivity index (χ1) is 16.5. The number of carbonyl (C=O) groups is 2. The molecule has 0 atom stereocenters. The van der Waals surface area contributed by atoms with Crippen LogP contribution in [0.4, 0.5) is 10.8 Å². The first kappa shape index (κ1) is 22.4. The molecule has 172 valence electrons. The number of aromatic nitrogens is 2. The van der Waals surface area contributed by atoms with E-state index in [9.17, 15) is 9.59 Å². The standard InChI is InChI=1S/C26H24N4O2S2/c1-16-24(34-17(2)27-16)25(32)29-26-28-21(15-33-26)19-11-12-22-20(13-19)9-6-10-23(31)30(22)14-18-7-4-3-5-8-18/h3-5,7-8,11-13,15H,6,9-10,14H2,1-2H3,(H,28,29,32). The Morgan fingerprint density at radius 2 is 1.91 bits per heavy atom. The van der Waals surface area contributed by atoms with E-state index >= 15 is 0 Å². The number of amides is 2. The van der Waals surface area contributed by atoms with Crippen molar-refractivity contribution in [2.45, 2.75) is 39.7 Å². The number of benzene rings is 2. The molecule has 2 aromatic carbocycles. The summed E-state index contributed by atoms with van der Waals surface area (Å²) in [5, 5.41) is 6.28. The SMILES string of the molecule is Cc1nc(C)c(C(=O)Nc2nc(-c3ccc4c(c3)CCCC(=O)N4Cc3ccccc3)cs2)s1. The third kappa shape index (κ3) is 4.64. The second-order valence-electron chi connectivity index (χ2n) is 8.30. The lowest BCUT2D eigenvalue weighted by Gasteiger charge is -2.23. The van der Waals surface area contributed by atoms with Crippen LogP contribution in [0.3, 0.4) is 0 Å². The number of carbonyl (C=O) groups excluding carboxylic acids is 2. The number of nitrogens with one attached hydrogen (secondary N) is 1. The normalized spacial score (nSPS) is 13.5. The fraction of sp³-hybridized carbons (Fsp3) is 0.231. The van der Waals surface area contributed by atoms with Crippen molar-refractivity contribution in [1.29, 1.82) is 0 Å². The maximum atomic E-state index is 12.9. The molecule has 3 heterocycles. The fourth-order valence-corrected chi connectivity index (χ4v) is 5.74. The van der Waals surface area contributed by atoms with E-state index in [0.29, 0.717) is 23.0 Å². The van der Waals surface area contributed by atoms with E-state index in [1.807, 2.05) is 66.6 Å². The van der Waals surface area contributed by atoms with Crippen LogP contribution in [0.2, 0.25) is 0 Å². The monoisotopic (exact) mass is 488 g/mol. The number of nitrogens with zero attached hydrogens (tertiary/aromatic N) is 3. The lowest BCUT2D eigenvalue weighted by molar-refractivity contribution is -0.118. The topological polar surface area (TPSA) is 75.2 Å². The molecule has 2 aromatic heterocycles. The van der Waals surface area contributed by atoms with Gasteiger partial charge in [0, 0.05) is 23.1 Å². The lowest BCUT2D eigenvalue weighted by Crippen LogP contribution is -2.29. The molecule has 0 aliphatic carbocycles. The van der Waals surface area contributed by atoms with E-state index in [-0.39, 0.29) is 11.8 Å². The van der Waals surface area contributed by atoms with Gasteiger partial charge in [0.05, 0.1) is 22.9 Å². The van der Waals surface area contributed by atoms with Crippen LogP contribution >= 0.6 is 22.7 Å². The minimum Gasteiger partial charge on any atom is -0.308 e. The number of hydrogen-bond donors (Lipinski definition) is 1. The third-order valence-electron chi connectivity index (χ3n) is 5.82. The summed E-state index contributed by atoms with van der Waals surface area (Å²) in [6.45, 7) is 4.30. The fourth-order valence-electron chi connectivity index (χ4n) is 4.21. The number of aryl methyl sites for hydroxylation is 3. The van der Waals surface area contributed by atoms with E-state index in [2.05, 4.69) is 21.4 Å². The molecule has 1 N–H and O–H groups in total. The van der Waals surface area contributed by atoms with Crippen LogP contribution < -0.4 is 10.2 Å². The predicted octanol–water partition coefficient (Wildman–Crippen LogP) is 6.01. The number of thiazole rings is 2. The van der Waals surface area contributed by atoms with Crippen molar-refractivity contribution in [2.24, 2.45) is 0 Å². The van der Waals surface area contributed by atoms with Crippen molar-refractivity contribution in [3.8, 4) is 11.3 Å². The zero-order valence-electron chi connectivity index (χ0n) is 19.0. The van der Waals surface area contributed by atoms with Crippen LogP contribution in [0.15, 0.2) is 53.9 Å². The molecular weight excluding hydrogens is 464 g/mol. The van der Waals surface area contributed by atoms with Gasteiger partial charge in [0.2, 0.25) is 5.91 Å². The largest absolute Gasteiger partial charge is 0.308 e. The minimum absolute atomic E-state index is 0.155. The summed E-state index contributed by atoms with van der Waals surface area (Å²) in [5.74, 6) is -0.0244. The molecule has 8 heteroatoms. The van der Waals surface area contributed by atoms with E-state index in [0.717, 1.165) is 51.6 Å². The molecule has 0 fully saturated rings. The van der Waals surface area contributed by atoms with Gasteiger partial charge in [-0.2, -0.15) is 0 Å². The molecule has 34 heavy (non-hydrogen) atoms. The predicted molar refractivity (Wildman–Crippen MR) is 138 cm³/mol. The first-order valence-electron chi connectivity index (χ1n) is 11.2. The summed E-state index contributed by atoms with van der Waals surface area (Å²) in [5.41, 5.74) is 5.75. The molecule has 2 amide bonds. The van der Waals surface area contributed by atoms with E-state index in [4.69, 9.17) is 0 Å². The van der Waals surface area contributed by atoms with Crippen LogP contribution in [0, 0.1) is 13.8 Å². The third-order valence-corrected chi connectivity index (χ3v) is 7.65. The molecule has 1 aliphatic heterocycles. The maximum absolute atomic E-state index is 12.9. The van der Waals surface area contributed by atoms with Gasteiger partial charge < -0.3 is 4.90 Å². The van der Waals surface area contributed by atoms with Crippen molar-refractivity contribution in [3.63, 3.8) is 0 Å². The Morgan fingerprint density at radius 1 is 1.09 bits per heavy atom. The molecule has 1 aliphatic rings. The molecule has 5 rings (SSSR count). The average Bonchev–Trinajstić information content (AvgIpc) is 3.39. The molecular formula is C26H24N4O2S2. The Morgan fingerprint density at radius 3 is 2.68 bits per heavy atom. The molecule has 0 bridgehead atoms. The zero-order valence-corrected chi connectivity index (χ0v) is 20.6.